The van der Waals surface area contributed by atoms with Crippen LogP contribution in [0.25, 0.3) is 11.7 Å². The highest BCUT2D eigenvalue weighted by Gasteiger charge is 2.33. The van der Waals surface area contributed by atoms with Crippen LogP contribution in [-0.4, -0.2) is 80.4 Å². The molecule has 4 heterocycles. The third-order valence-corrected chi connectivity index (χ3v) is 7.23. The molecule has 0 aromatic carbocycles. The number of aliphatic hydroxyl groups excluding tert-OH is 1. The molecule has 0 aliphatic carbocycles. The molecule has 2 fully saturated rings. The van der Waals surface area contributed by atoms with E-state index in [0.717, 1.165) is 18.7 Å². The molecule has 10 heteroatoms. The van der Waals surface area contributed by atoms with E-state index in [0.29, 0.717) is 52.4 Å². The van der Waals surface area contributed by atoms with Crippen LogP contribution in [0.5, 0.6) is 0 Å². The van der Waals surface area contributed by atoms with E-state index in [4.69, 9.17) is 17.2 Å². The van der Waals surface area contributed by atoms with E-state index in [1.165, 1.54) is 11.8 Å². The lowest BCUT2D eigenvalue weighted by Gasteiger charge is -2.35. The van der Waals surface area contributed by atoms with E-state index in [1.54, 1.807) is 21.6 Å². The second-order valence-electron chi connectivity index (χ2n) is 8.78. The lowest BCUT2D eigenvalue weighted by atomic mass is 10.2. The highest BCUT2D eigenvalue weighted by Crippen LogP contribution is 2.34. The van der Waals surface area contributed by atoms with Gasteiger partial charge in [-0.15, -0.1) is 0 Å². The molecular weight excluding hydrogens is 458 g/mol. The summed E-state index contributed by atoms with van der Waals surface area (Å²) in [6, 6.07) is 3.76. The second-order valence-corrected chi connectivity index (χ2v) is 10.5. The molecule has 176 valence electrons. The Morgan fingerprint density at radius 2 is 1.97 bits per heavy atom. The van der Waals surface area contributed by atoms with Gasteiger partial charge in [-0.25, -0.2) is 4.98 Å². The number of carbonyl (C=O) groups excluding carboxylic acids is 1. The Morgan fingerprint density at radius 3 is 2.64 bits per heavy atom. The monoisotopic (exact) mass is 487 g/mol. The number of nitrogens with zero attached hydrogens (tertiary/aromatic N) is 5. The first-order chi connectivity index (χ1) is 15.8. The Hall–Kier alpha value is -2.27. The number of rotatable bonds is 6. The van der Waals surface area contributed by atoms with Crippen molar-refractivity contribution in [3.8, 4) is 0 Å². The van der Waals surface area contributed by atoms with Gasteiger partial charge in [-0.2, -0.15) is 0 Å². The molecule has 0 radical (unpaired) electrons. The maximum atomic E-state index is 13.6. The van der Waals surface area contributed by atoms with Gasteiger partial charge in [0.1, 0.15) is 15.8 Å². The molecule has 4 rings (SSSR count). The molecule has 0 spiro atoms. The van der Waals surface area contributed by atoms with E-state index in [-0.39, 0.29) is 24.0 Å². The quantitative estimate of drug-likeness (QED) is 0.489. The van der Waals surface area contributed by atoms with Gasteiger partial charge in [-0.1, -0.05) is 43.9 Å². The first kappa shape index (κ1) is 23.9. The summed E-state index contributed by atoms with van der Waals surface area (Å²) in [6.07, 6.45) is 3.38. The van der Waals surface area contributed by atoms with E-state index in [1.807, 2.05) is 32.9 Å². The predicted molar refractivity (Wildman–Crippen MR) is 137 cm³/mol. The van der Waals surface area contributed by atoms with Crippen molar-refractivity contribution < 1.29 is 9.90 Å². The summed E-state index contributed by atoms with van der Waals surface area (Å²) in [4.78, 5) is 37.9. The number of thiocarbonyl (C=S) groups is 1. The molecule has 2 aliphatic rings. The number of thioether (sulfide) groups is 1. The van der Waals surface area contributed by atoms with Crippen molar-refractivity contribution in [1.29, 1.82) is 0 Å². The first-order valence-electron chi connectivity index (χ1n) is 11.2. The number of aromatic nitrogens is 2. The molecule has 1 amide bonds. The molecule has 2 aromatic rings. The molecule has 2 aliphatic heterocycles. The number of aliphatic hydroxyl groups is 1. The Bertz CT molecular complexity index is 1170. The molecular formula is C23H29N5O3S2. The van der Waals surface area contributed by atoms with Gasteiger partial charge in [0.25, 0.3) is 11.5 Å². The summed E-state index contributed by atoms with van der Waals surface area (Å²) < 4.78 is 2.06. The summed E-state index contributed by atoms with van der Waals surface area (Å²) in [7, 11) is 0. The SMILES string of the molecule is Cc1cccn2c(=O)c(/C=C3\SC(=S)N(CC(C)C)C3=O)c(N3CCN(CCO)CC3)nc12. The lowest BCUT2D eigenvalue weighted by Crippen LogP contribution is -2.48. The summed E-state index contributed by atoms with van der Waals surface area (Å²) in [6.45, 7) is 10.2. The zero-order chi connectivity index (χ0) is 23.7. The molecule has 0 bridgehead atoms. The van der Waals surface area contributed by atoms with Crippen LogP contribution in [0.3, 0.4) is 0 Å². The van der Waals surface area contributed by atoms with Gasteiger partial charge in [-0.3, -0.25) is 23.8 Å². The largest absolute Gasteiger partial charge is 0.395 e. The van der Waals surface area contributed by atoms with Crippen LogP contribution in [0.2, 0.25) is 0 Å². The average Bonchev–Trinajstić information content (AvgIpc) is 3.04. The molecule has 0 unspecified atom stereocenters. The maximum absolute atomic E-state index is 13.6. The molecule has 2 saturated heterocycles. The molecule has 8 nitrogen and oxygen atoms in total. The zero-order valence-corrected chi connectivity index (χ0v) is 20.8. The number of β-amino-alcohol motifs (C(OH)–C–C–N with tert-alkyl or cyclic N) is 1. The van der Waals surface area contributed by atoms with Crippen LogP contribution >= 0.6 is 24.0 Å². The van der Waals surface area contributed by atoms with E-state index in [2.05, 4.69) is 9.80 Å². The number of aryl methyl sites for hydroxylation is 1. The Balaban J connectivity index is 1.79. The normalized spacial score (nSPS) is 19.0. The number of amides is 1. The maximum Gasteiger partial charge on any atom is 0.267 e. The van der Waals surface area contributed by atoms with Crippen LogP contribution in [0.4, 0.5) is 5.82 Å². The number of pyridine rings is 1. The number of fused-ring (bicyclic) bond motifs is 1. The van der Waals surface area contributed by atoms with Gasteiger partial charge in [-0.05, 0) is 30.5 Å². The minimum Gasteiger partial charge on any atom is -0.395 e. The Morgan fingerprint density at radius 1 is 1.24 bits per heavy atom. The van der Waals surface area contributed by atoms with Crippen molar-refractivity contribution in [3.05, 3.63) is 44.7 Å². The Kier molecular flexibility index (Phi) is 7.18. The first-order valence-corrected chi connectivity index (χ1v) is 12.4. The number of piperazine rings is 1. The van der Waals surface area contributed by atoms with E-state index in [9.17, 15) is 14.7 Å². The highest BCUT2D eigenvalue weighted by molar-refractivity contribution is 8.26. The van der Waals surface area contributed by atoms with Crippen molar-refractivity contribution >= 4 is 51.7 Å². The fourth-order valence-electron chi connectivity index (χ4n) is 4.15. The van der Waals surface area contributed by atoms with Gasteiger partial charge < -0.3 is 10.0 Å². The van der Waals surface area contributed by atoms with Crippen LogP contribution in [0.1, 0.15) is 25.0 Å². The van der Waals surface area contributed by atoms with Crippen molar-refractivity contribution in [3.63, 3.8) is 0 Å². The Labute approximate surface area is 202 Å². The third kappa shape index (κ3) is 4.84. The number of carbonyl (C=O) groups is 1. The summed E-state index contributed by atoms with van der Waals surface area (Å²) in [5.41, 5.74) is 1.72. The summed E-state index contributed by atoms with van der Waals surface area (Å²) in [5, 5.41) is 9.24. The molecule has 0 atom stereocenters. The second kappa shape index (κ2) is 9.92. The van der Waals surface area contributed by atoms with Crippen molar-refractivity contribution in [2.24, 2.45) is 5.92 Å². The summed E-state index contributed by atoms with van der Waals surface area (Å²) in [5.74, 6) is 0.715. The standard InChI is InChI=1S/C23H29N5O3S2/c1-15(2)14-28-22(31)18(33-23(28)32)13-17-20(26-9-7-25(8-10-26)11-12-29)24-19-16(3)5-4-6-27(19)21(17)30/h4-6,13,15,29H,7-12,14H2,1-3H3/b18-13-. The zero-order valence-electron chi connectivity index (χ0n) is 19.2. The molecule has 0 saturated carbocycles. The highest BCUT2D eigenvalue weighted by atomic mass is 32.2. The van der Waals surface area contributed by atoms with Crippen LogP contribution in [0, 0.1) is 12.8 Å². The fraction of sp³-hybridized carbons (Fsp3) is 0.478. The van der Waals surface area contributed by atoms with Gasteiger partial charge in [0.15, 0.2) is 0 Å². The van der Waals surface area contributed by atoms with E-state index < -0.39 is 0 Å². The van der Waals surface area contributed by atoms with Gasteiger partial charge in [0.05, 0.1) is 17.1 Å². The fourth-order valence-corrected chi connectivity index (χ4v) is 5.40. The predicted octanol–water partition coefficient (Wildman–Crippen LogP) is 1.97. The minimum absolute atomic E-state index is 0.123. The van der Waals surface area contributed by atoms with Gasteiger partial charge in [0, 0.05) is 45.5 Å². The van der Waals surface area contributed by atoms with Crippen molar-refractivity contribution in [1.82, 2.24) is 19.2 Å². The minimum atomic E-state index is -0.203. The summed E-state index contributed by atoms with van der Waals surface area (Å²) >= 11 is 6.68. The van der Waals surface area contributed by atoms with Crippen LogP contribution < -0.4 is 10.5 Å². The third-order valence-electron chi connectivity index (χ3n) is 5.85. The number of anilines is 1. The van der Waals surface area contributed by atoms with Crippen LogP contribution in [0.15, 0.2) is 28.0 Å². The lowest BCUT2D eigenvalue weighted by molar-refractivity contribution is -0.122. The van der Waals surface area contributed by atoms with Crippen molar-refractivity contribution in [2.45, 2.75) is 20.8 Å². The van der Waals surface area contributed by atoms with Gasteiger partial charge >= 0.3 is 0 Å². The number of hydrogen-bond donors (Lipinski definition) is 1. The number of hydrogen-bond acceptors (Lipinski definition) is 8. The van der Waals surface area contributed by atoms with Crippen molar-refractivity contribution in [2.75, 3.05) is 50.8 Å². The smallest absolute Gasteiger partial charge is 0.267 e. The average molecular weight is 488 g/mol. The van der Waals surface area contributed by atoms with E-state index >= 15 is 0 Å². The van der Waals surface area contributed by atoms with Crippen LogP contribution in [-0.2, 0) is 4.79 Å². The molecule has 2 aromatic heterocycles. The molecule has 1 N–H and O–H groups in total. The molecule has 33 heavy (non-hydrogen) atoms. The topological polar surface area (TPSA) is 81.4 Å². The van der Waals surface area contributed by atoms with Gasteiger partial charge in [0.2, 0.25) is 0 Å².